The van der Waals surface area contributed by atoms with Gasteiger partial charge in [0, 0.05) is 69.6 Å². The van der Waals surface area contributed by atoms with Gasteiger partial charge in [-0.25, -0.2) is 4.98 Å². The van der Waals surface area contributed by atoms with E-state index >= 15 is 0 Å². The molecular weight excluding hydrogens is 390 g/mol. The van der Waals surface area contributed by atoms with E-state index in [4.69, 9.17) is 9.72 Å². The van der Waals surface area contributed by atoms with Crippen LogP contribution in [0.1, 0.15) is 50.3 Å². The number of carbonyl (C=O) groups excluding carboxylic acids is 2. The molecule has 2 heterocycles. The summed E-state index contributed by atoms with van der Waals surface area (Å²) in [5.41, 5.74) is 0. The van der Waals surface area contributed by atoms with Crippen LogP contribution in [0, 0.1) is 0 Å². The predicted molar refractivity (Wildman–Crippen MR) is 113 cm³/mol. The topological polar surface area (TPSA) is 87.7 Å². The van der Waals surface area contributed by atoms with Crippen LogP contribution in [-0.2, 0) is 14.3 Å². The Morgan fingerprint density at radius 2 is 2.17 bits per heavy atom. The average Bonchev–Trinajstić information content (AvgIpc) is 3.14. The summed E-state index contributed by atoms with van der Waals surface area (Å²) in [5, 5.41) is 3.82. The van der Waals surface area contributed by atoms with Gasteiger partial charge in [-0.05, 0) is 19.3 Å². The molecule has 1 aliphatic heterocycles. The van der Waals surface area contributed by atoms with Crippen LogP contribution >= 0.6 is 11.5 Å². The van der Waals surface area contributed by atoms with E-state index in [0.717, 1.165) is 11.0 Å². The quantitative estimate of drug-likeness (QED) is 0.510. The SMILES string of the molecule is C=CCOCCCC(=O)N1CCC(=O)NCCN(c2nc(C3CCC3)ns2)CC1. The number of aromatic nitrogens is 2. The average molecular weight is 422 g/mol. The largest absolute Gasteiger partial charge is 0.377 e. The van der Waals surface area contributed by atoms with Crippen LogP contribution in [0.25, 0.3) is 0 Å². The van der Waals surface area contributed by atoms with Crippen LogP contribution in [-0.4, -0.2) is 72.0 Å². The number of nitrogens with one attached hydrogen (secondary N) is 1. The highest BCUT2D eigenvalue weighted by molar-refractivity contribution is 7.09. The minimum absolute atomic E-state index is 0.0219. The van der Waals surface area contributed by atoms with Gasteiger partial charge in [0.1, 0.15) is 5.82 Å². The van der Waals surface area contributed by atoms with Gasteiger partial charge in [0.25, 0.3) is 0 Å². The third-order valence-corrected chi connectivity index (χ3v) is 6.18. The molecule has 29 heavy (non-hydrogen) atoms. The van der Waals surface area contributed by atoms with E-state index in [0.29, 0.717) is 71.1 Å². The number of rotatable bonds is 8. The van der Waals surface area contributed by atoms with Gasteiger partial charge in [-0.2, -0.15) is 4.37 Å². The van der Waals surface area contributed by atoms with Crippen molar-refractivity contribution < 1.29 is 14.3 Å². The third-order valence-electron chi connectivity index (χ3n) is 5.39. The molecule has 0 radical (unpaired) electrons. The first-order valence-electron chi connectivity index (χ1n) is 10.5. The number of carbonyl (C=O) groups is 2. The monoisotopic (exact) mass is 421 g/mol. The highest BCUT2D eigenvalue weighted by atomic mass is 32.1. The highest BCUT2D eigenvalue weighted by Gasteiger charge is 2.25. The molecule has 1 saturated carbocycles. The predicted octanol–water partition coefficient (Wildman–Crippen LogP) is 1.94. The highest BCUT2D eigenvalue weighted by Crippen LogP contribution is 2.36. The Morgan fingerprint density at radius 1 is 1.31 bits per heavy atom. The Kier molecular flexibility index (Phi) is 8.42. The first kappa shape index (κ1) is 21.7. The van der Waals surface area contributed by atoms with Gasteiger partial charge in [0.2, 0.25) is 16.9 Å². The maximum Gasteiger partial charge on any atom is 0.222 e. The van der Waals surface area contributed by atoms with E-state index in [1.807, 2.05) is 0 Å². The maximum absolute atomic E-state index is 12.7. The Labute approximate surface area is 176 Å². The molecule has 1 aromatic heterocycles. The first-order valence-corrected chi connectivity index (χ1v) is 11.3. The smallest absolute Gasteiger partial charge is 0.222 e. The molecule has 1 aromatic rings. The van der Waals surface area contributed by atoms with Crippen molar-refractivity contribution in [3.63, 3.8) is 0 Å². The third kappa shape index (κ3) is 6.50. The molecule has 2 amide bonds. The minimum Gasteiger partial charge on any atom is -0.377 e. The molecule has 0 atom stereocenters. The van der Waals surface area contributed by atoms with Gasteiger partial charge in [-0.3, -0.25) is 9.59 Å². The Morgan fingerprint density at radius 3 is 2.93 bits per heavy atom. The van der Waals surface area contributed by atoms with E-state index in [1.165, 1.54) is 30.8 Å². The molecule has 0 bridgehead atoms. The van der Waals surface area contributed by atoms with Crippen LogP contribution in [0.2, 0.25) is 0 Å². The number of anilines is 1. The van der Waals surface area contributed by atoms with Gasteiger partial charge < -0.3 is 19.9 Å². The lowest BCUT2D eigenvalue weighted by Gasteiger charge is -2.29. The molecule has 0 aromatic carbocycles. The van der Waals surface area contributed by atoms with Crippen LogP contribution in [0.5, 0.6) is 0 Å². The molecular formula is C20H31N5O3S. The molecule has 1 N–H and O–H groups in total. The van der Waals surface area contributed by atoms with Crippen molar-refractivity contribution in [2.75, 3.05) is 50.8 Å². The molecule has 0 unspecified atom stereocenters. The molecule has 3 rings (SSSR count). The van der Waals surface area contributed by atoms with Crippen molar-refractivity contribution in [3.8, 4) is 0 Å². The molecule has 160 valence electrons. The van der Waals surface area contributed by atoms with Gasteiger partial charge in [-0.15, -0.1) is 6.58 Å². The summed E-state index contributed by atoms with van der Waals surface area (Å²) in [5.74, 6) is 1.49. The Bertz CT molecular complexity index is 691. The van der Waals surface area contributed by atoms with E-state index in [1.54, 1.807) is 11.0 Å². The van der Waals surface area contributed by atoms with Crippen molar-refractivity contribution in [1.82, 2.24) is 19.6 Å². The fourth-order valence-corrected chi connectivity index (χ4v) is 4.20. The van der Waals surface area contributed by atoms with Crippen LogP contribution in [0.3, 0.4) is 0 Å². The molecule has 1 saturated heterocycles. The summed E-state index contributed by atoms with van der Waals surface area (Å²) >= 11 is 1.42. The summed E-state index contributed by atoms with van der Waals surface area (Å²) in [6.07, 6.45) is 6.72. The van der Waals surface area contributed by atoms with E-state index in [9.17, 15) is 9.59 Å². The second kappa shape index (κ2) is 11.3. The summed E-state index contributed by atoms with van der Waals surface area (Å²) < 4.78 is 9.90. The summed E-state index contributed by atoms with van der Waals surface area (Å²) in [4.78, 5) is 33.4. The Balaban J connectivity index is 1.57. The zero-order chi connectivity index (χ0) is 20.5. The first-order chi connectivity index (χ1) is 14.2. The van der Waals surface area contributed by atoms with Crippen molar-refractivity contribution >= 4 is 28.5 Å². The Hall–Kier alpha value is -2.00. The molecule has 8 nitrogen and oxygen atoms in total. The van der Waals surface area contributed by atoms with E-state index < -0.39 is 0 Å². The minimum atomic E-state index is -0.0219. The molecule has 9 heteroatoms. The van der Waals surface area contributed by atoms with Crippen molar-refractivity contribution in [2.24, 2.45) is 0 Å². The second-order valence-electron chi connectivity index (χ2n) is 7.50. The lowest BCUT2D eigenvalue weighted by Crippen LogP contribution is -2.45. The fourth-order valence-electron chi connectivity index (χ4n) is 3.40. The maximum atomic E-state index is 12.7. The van der Waals surface area contributed by atoms with Gasteiger partial charge in [0.05, 0.1) is 6.61 Å². The number of hydrogen-bond donors (Lipinski definition) is 1. The summed E-state index contributed by atoms with van der Waals surface area (Å²) in [6.45, 7) is 7.60. The number of hydrogen-bond acceptors (Lipinski definition) is 7. The van der Waals surface area contributed by atoms with Gasteiger partial charge in [0.15, 0.2) is 0 Å². The van der Waals surface area contributed by atoms with Crippen LogP contribution < -0.4 is 10.2 Å². The van der Waals surface area contributed by atoms with E-state index in [2.05, 4.69) is 21.2 Å². The number of ether oxygens (including phenoxy) is 1. The van der Waals surface area contributed by atoms with Crippen molar-refractivity contribution in [3.05, 3.63) is 18.5 Å². The lowest BCUT2D eigenvalue weighted by molar-refractivity contribution is -0.132. The zero-order valence-electron chi connectivity index (χ0n) is 17.0. The summed E-state index contributed by atoms with van der Waals surface area (Å²) in [7, 11) is 0. The molecule has 0 spiro atoms. The number of nitrogens with zero attached hydrogens (tertiary/aromatic N) is 4. The van der Waals surface area contributed by atoms with E-state index in [-0.39, 0.29) is 11.8 Å². The molecule has 2 aliphatic rings. The molecule has 1 aliphatic carbocycles. The standard InChI is InChI=1S/C20H31N5O3S/c1-2-14-28-15-4-7-18(27)24-10-8-17(26)21-9-11-25(13-12-24)20-22-19(23-29-20)16-5-3-6-16/h2,16H,1,3-15H2,(H,21,26). The fraction of sp³-hybridized carbons (Fsp3) is 0.700. The van der Waals surface area contributed by atoms with Crippen molar-refractivity contribution in [2.45, 2.75) is 44.4 Å². The van der Waals surface area contributed by atoms with Gasteiger partial charge >= 0.3 is 0 Å². The normalized spacial score (nSPS) is 18.8. The number of amides is 2. The van der Waals surface area contributed by atoms with Gasteiger partial charge in [-0.1, -0.05) is 12.5 Å². The zero-order valence-corrected chi connectivity index (χ0v) is 17.8. The van der Waals surface area contributed by atoms with Crippen molar-refractivity contribution in [1.29, 1.82) is 0 Å². The molecule has 2 fully saturated rings. The van der Waals surface area contributed by atoms with Crippen LogP contribution in [0.4, 0.5) is 5.13 Å². The lowest BCUT2D eigenvalue weighted by atomic mass is 9.85. The van der Waals surface area contributed by atoms with Crippen LogP contribution in [0.15, 0.2) is 12.7 Å². The second-order valence-corrected chi connectivity index (χ2v) is 8.23. The summed E-state index contributed by atoms with van der Waals surface area (Å²) in [6, 6.07) is 0.